The number of carbonyl (C=O) groups is 1. The third-order valence-corrected chi connectivity index (χ3v) is 1.88. The van der Waals surface area contributed by atoms with E-state index in [1.54, 1.807) is 13.2 Å². The summed E-state index contributed by atoms with van der Waals surface area (Å²) >= 11 is 1.30. The van der Waals surface area contributed by atoms with Gasteiger partial charge in [-0.3, -0.25) is 0 Å². The first-order valence-corrected chi connectivity index (χ1v) is 5.12. The predicted octanol–water partition coefficient (Wildman–Crippen LogP) is 0.352. The Morgan fingerprint density at radius 2 is 2.29 bits per heavy atom. The van der Waals surface area contributed by atoms with Gasteiger partial charge in [0.05, 0.1) is 6.61 Å². The highest BCUT2D eigenvalue weighted by atomic mass is 32.2. The molecule has 1 aromatic heterocycles. The van der Waals surface area contributed by atoms with Gasteiger partial charge in [0.15, 0.2) is 5.82 Å². The molecule has 7 heteroatoms. The van der Waals surface area contributed by atoms with Crippen LogP contribution in [0.25, 0.3) is 0 Å². The van der Waals surface area contributed by atoms with Crippen LogP contribution in [0.4, 0.5) is 5.82 Å². The molecule has 1 heterocycles. The Hall–Kier alpha value is -1.37. The van der Waals surface area contributed by atoms with E-state index in [2.05, 4.69) is 15.2 Å². The lowest BCUT2D eigenvalue weighted by Gasteiger charge is -2.02. The van der Waals surface area contributed by atoms with E-state index in [4.69, 9.17) is 10.5 Å². The number of anilines is 1. The molecule has 0 aliphatic carbocycles. The van der Waals surface area contributed by atoms with Crippen molar-refractivity contribution in [1.29, 1.82) is 0 Å². The zero-order valence-electron chi connectivity index (χ0n) is 7.85. The molecule has 2 N–H and O–H groups in total. The molecule has 0 aromatic carbocycles. The number of hydrogen-bond donors (Lipinski definition) is 1. The highest BCUT2D eigenvalue weighted by Gasteiger charge is 2.15. The van der Waals surface area contributed by atoms with Crippen molar-refractivity contribution in [3.05, 3.63) is 5.69 Å². The van der Waals surface area contributed by atoms with E-state index in [0.29, 0.717) is 5.16 Å². The van der Waals surface area contributed by atoms with Crippen molar-refractivity contribution < 1.29 is 9.53 Å². The highest BCUT2D eigenvalue weighted by molar-refractivity contribution is 7.98. The van der Waals surface area contributed by atoms with Crippen LogP contribution >= 0.6 is 11.8 Å². The molecule has 0 atom stereocenters. The van der Waals surface area contributed by atoms with Gasteiger partial charge in [-0.05, 0) is 13.2 Å². The first-order valence-electron chi connectivity index (χ1n) is 3.90. The van der Waals surface area contributed by atoms with Crippen molar-refractivity contribution in [1.82, 2.24) is 15.2 Å². The van der Waals surface area contributed by atoms with Gasteiger partial charge in [0, 0.05) is 0 Å². The summed E-state index contributed by atoms with van der Waals surface area (Å²) in [6.45, 7) is 1.97. The molecule has 0 bridgehead atoms. The Bertz CT molecular complexity index is 344. The van der Waals surface area contributed by atoms with Crippen molar-refractivity contribution in [2.75, 3.05) is 18.6 Å². The summed E-state index contributed by atoms with van der Waals surface area (Å²) < 4.78 is 4.71. The smallest absolute Gasteiger partial charge is 0.362 e. The van der Waals surface area contributed by atoms with Gasteiger partial charge in [-0.2, -0.15) is 0 Å². The van der Waals surface area contributed by atoms with Crippen LogP contribution in [0.3, 0.4) is 0 Å². The van der Waals surface area contributed by atoms with E-state index < -0.39 is 5.97 Å². The topological polar surface area (TPSA) is 91.0 Å². The zero-order valence-corrected chi connectivity index (χ0v) is 8.67. The average molecular weight is 214 g/mol. The third-order valence-electron chi connectivity index (χ3n) is 1.35. The fraction of sp³-hybridized carbons (Fsp3) is 0.429. The maximum absolute atomic E-state index is 11.2. The average Bonchev–Trinajstić information content (AvgIpc) is 2.17. The number of thioether (sulfide) groups is 1. The summed E-state index contributed by atoms with van der Waals surface area (Å²) in [5, 5.41) is 7.74. The molecule has 6 nitrogen and oxygen atoms in total. The van der Waals surface area contributed by atoms with Gasteiger partial charge < -0.3 is 10.5 Å². The Morgan fingerprint density at radius 3 is 2.79 bits per heavy atom. The minimum absolute atomic E-state index is 0.0374. The fourth-order valence-electron chi connectivity index (χ4n) is 0.754. The molecule has 0 saturated heterocycles. The molecule has 0 spiro atoms. The lowest BCUT2D eigenvalue weighted by molar-refractivity contribution is 0.0518. The Balaban J connectivity index is 2.94. The van der Waals surface area contributed by atoms with Crippen LogP contribution < -0.4 is 5.73 Å². The molecule has 0 aliphatic rings. The standard InChI is InChI=1S/C7H10N4O2S/c1-3-13-6(12)4-5(8)9-7(14-2)11-10-4/h3H2,1-2H3,(H2,8,9,11). The van der Waals surface area contributed by atoms with Gasteiger partial charge in [-0.15, -0.1) is 10.2 Å². The maximum atomic E-state index is 11.2. The molecule has 0 aliphatic heterocycles. The predicted molar refractivity (Wildman–Crippen MR) is 52.0 cm³/mol. The summed E-state index contributed by atoms with van der Waals surface area (Å²) in [6.07, 6.45) is 1.79. The molecule has 0 unspecified atom stereocenters. The van der Waals surface area contributed by atoms with Crippen molar-refractivity contribution in [3.63, 3.8) is 0 Å². The number of esters is 1. The molecule has 76 valence electrons. The molecule has 0 amide bonds. The van der Waals surface area contributed by atoms with Gasteiger partial charge in [-0.1, -0.05) is 11.8 Å². The minimum Gasteiger partial charge on any atom is -0.461 e. The van der Waals surface area contributed by atoms with E-state index in [-0.39, 0.29) is 18.1 Å². The molecule has 0 saturated carbocycles. The van der Waals surface area contributed by atoms with Crippen molar-refractivity contribution >= 4 is 23.5 Å². The number of hydrogen-bond acceptors (Lipinski definition) is 7. The second kappa shape index (κ2) is 4.75. The lowest BCUT2D eigenvalue weighted by atomic mass is 10.4. The monoisotopic (exact) mass is 214 g/mol. The SMILES string of the molecule is CCOC(=O)c1nnc(SC)nc1N. The van der Waals surface area contributed by atoms with Crippen LogP contribution in [-0.4, -0.2) is 34.0 Å². The van der Waals surface area contributed by atoms with Crippen molar-refractivity contribution in [3.8, 4) is 0 Å². The minimum atomic E-state index is -0.599. The van der Waals surface area contributed by atoms with Gasteiger partial charge in [0.25, 0.3) is 0 Å². The fourth-order valence-corrected chi connectivity index (χ4v) is 1.07. The summed E-state index contributed by atoms with van der Waals surface area (Å²) in [6, 6.07) is 0. The van der Waals surface area contributed by atoms with Crippen LogP contribution in [0.15, 0.2) is 5.16 Å². The van der Waals surface area contributed by atoms with Crippen molar-refractivity contribution in [2.24, 2.45) is 0 Å². The number of carbonyl (C=O) groups excluding carboxylic acids is 1. The molecule has 0 fully saturated rings. The second-order valence-corrected chi connectivity index (χ2v) is 3.03. The van der Waals surface area contributed by atoms with E-state index in [0.717, 1.165) is 0 Å². The van der Waals surface area contributed by atoms with Crippen LogP contribution in [0.1, 0.15) is 17.4 Å². The summed E-state index contributed by atoms with van der Waals surface area (Å²) in [4.78, 5) is 15.1. The van der Waals surface area contributed by atoms with Gasteiger partial charge in [0.2, 0.25) is 10.9 Å². The van der Waals surface area contributed by atoms with E-state index in [1.807, 2.05) is 0 Å². The van der Waals surface area contributed by atoms with E-state index in [1.165, 1.54) is 11.8 Å². The number of rotatable bonds is 3. The molecule has 1 aromatic rings. The first kappa shape index (κ1) is 10.7. The van der Waals surface area contributed by atoms with Gasteiger partial charge in [0.1, 0.15) is 0 Å². The normalized spacial score (nSPS) is 9.86. The number of nitrogens with zero attached hydrogens (tertiary/aromatic N) is 3. The maximum Gasteiger partial charge on any atom is 0.362 e. The third kappa shape index (κ3) is 2.32. The molecule has 0 radical (unpaired) electrons. The number of nitrogen functional groups attached to an aromatic ring is 1. The van der Waals surface area contributed by atoms with Crippen LogP contribution in [0, 0.1) is 0 Å². The molecule has 1 rings (SSSR count). The summed E-state index contributed by atoms with van der Waals surface area (Å²) in [7, 11) is 0. The Morgan fingerprint density at radius 1 is 1.57 bits per heavy atom. The van der Waals surface area contributed by atoms with E-state index in [9.17, 15) is 4.79 Å². The summed E-state index contributed by atoms with van der Waals surface area (Å²) in [5.41, 5.74) is 5.46. The Kier molecular flexibility index (Phi) is 3.63. The highest BCUT2D eigenvalue weighted by Crippen LogP contribution is 2.11. The van der Waals surface area contributed by atoms with Gasteiger partial charge in [-0.25, -0.2) is 9.78 Å². The molecule has 14 heavy (non-hydrogen) atoms. The lowest BCUT2D eigenvalue weighted by Crippen LogP contribution is -2.13. The zero-order chi connectivity index (χ0) is 10.6. The number of nitrogens with two attached hydrogens (primary N) is 1. The Labute approximate surface area is 85.3 Å². The number of ether oxygens (including phenoxy) is 1. The van der Waals surface area contributed by atoms with Gasteiger partial charge >= 0.3 is 5.97 Å². The largest absolute Gasteiger partial charge is 0.461 e. The molecular weight excluding hydrogens is 204 g/mol. The summed E-state index contributed by atoms with van der Waals surface area (Å²) in [5.74, 6) is -0.555. The quantitative estimate of drug-likeness (QED) is 0.573. The first-order chi connectivity index (χ1) is 6.69. The van der Waals surface area contributed by atoms with E-state index >= 15 is 0 Å². The van der Waals surface area contributed by atoms with Crippen LogP contribution in [-0.2, 0) is 4.74 Å². The van der Waals surface area contributed by atoms with Crippen LogP contribution in [0.5, 0.6) is 0 Å². The van der Waals surface area contributed by atoms with Crippen LogP contribution in [0.2, 0.25) is 0 Å². The second-order valence-electron chi connectivity index (χ2n) is 2.25. The number of aromatic nitrogens is 3. The molecular formula is C7H10N4O2S. The van der Waals surface area contributed by atoms with Crippen molar-refractivity contribution in [2.45, 2.75) is 12.1 Å².